The summed E-state index contributed by atoms with van der Waals surface area (Å²) in [6, 6.07) is 4.96. The number of hydrogen-bond donors (Lipinski definition) is 0. The summed E-state index contributed by atoms with van der Waals surface area (Å²) < 4.78 is 16.3. The first kappa shape index (κ1) is 15.8. The molecule has 1 saturated heterocycles. The first-order valence-corrected chi connectivity index (χ1v) is 7.50. The van der Waals surface area contributed by atoms with Gasteiger partial charge in [-0.25, -0.2) is 0 Å². The number of morpholine rings is 1. The third-order valence-electron chi connectivity index (χ3n) is 3.56. The summed E-state index contributed by atoms with van der Waals surface area (Å²) in [6.07, 6.45) is -0.431. The maximum atomic E-state index is 12.8. The Kier molecular flexibility index (Phi) is 4.49. The molecule has 1 aliphatic rings. The van der Waals surface area contributed by atoms with Gasteiger partial charge in [-0.05, 0) is 18.2 Å². The monoisotopic (exact) mass is 337 g/mol. The Bertz CT molecular complexity index is 718. The van der Waals surface area contributed by atoms with Crippen LogP contribution in [-0.4, -0.2) is 47.8 Å². The fourth-order valence-corrected chi connectivity index (χ4v) is 2.61. The minimum atomic E-state index is -0.431. The molecule has 1 unspecified atom stereocenters. The highest BCUT2D eigenvalue weighted by molar-refractivity contribution is 6.31. The third-order valence-corrected chi connectivity index (χ3v) is 3.80. The average molecular weight is 338 g/mol. The van der Waals surface area contributed by atoms with Crippen molar-refractivity contribution in [1.29, 1.82) is 0 Å². The van der Waals surface area contributed by atoms with E-state index in [2.05, 4.69) is 10.2 Å². The molecule has 8 heteroatoms. The molecule has 0 bridgehead atoms. The summed E-state index contributed by atoms with van der Waals surface area (Å²) in [5.74, 6) is 1.14. The highest BCUT2D eigenvalue weighted by Gasteiger charge is 2.30. The molecule has 0 radical (unpaired) electrons. The van der Waals surface area contributed by atoms with Crippen LogP contribution in [0.5, 0.6) is 5.75 Å². The molecule has 23 heavy (non-hydrogen) atoms. The van der Waals surface area contributed by atoms with Gasteiger partial charge in [0.15, 0.2) is 6.10 Å². The Morgan fingerprint density at radius 1 is 1.43 bits per heavy atom. The van der Waals surface area contributed by atoms with E-state index in [1.165, 1.54) is 7.11 Å². The van der Waals surface area contributed by atoms with E-state index < -0.39 is 6.10 Å². The molecular formula is C15H16ClN3O4. The first-order chi connectivity index (χ1) is 11.1. The van der Waals surface area contributed by atoms with E-state index in [0.717, 1.165) is 0 Å². The number of benzene rings is 1. The van der Waals surface area contributed by atoms with Gasteiger partial charge < -0.3 is 18.8 Å². The van der Waals surface area contributed by atoms with Gasteiger partial charge in [0.1, 0.15) is 5.75 Å². The van der Waals surface area contributed by atoms with Crippen LogP contribution >= 0.6 is 11.6 Å². The Hall–Kier alpha value is -2.12. The van der Waals surface area contributed by atoms with Gasteiger partial charge in [-0.1, -0.05) is 11.6 Å². The Labute approximate surface area is 138 Å². The van der Waals surface area contributed by atoms with Crippen LogP contribution in [0.25, 0.3) is 0 Å². The third kappa shape index (κ3) is 3.30. The van der Waals surface area contributed by atoms with Crippen LogP contribution in [0.1, 0.15) is 28.2 Å². The topological polar surface area (TPSA) is 77.7 Å². The highest BCUT2D eigenvalue weighted by Crippen LogP contribution is 2.27. The molecule has 0 spiro atoms. The maximum absolute atomic E-state index is 12.8. The van der Waals surface area contributed by atoms with Gasteiger partial charge in [0.25, 0.3) is 5.91 Å². The number of halogens is 1. The van der Waals surface area contributed by atoms with Gasteiger partial charge >= 0.3 is 0 Å². The SMILES string of the molecule is COc1ccc(Cl)cc1C(=O)N1CCOC(c2nnc(C)o2)C1. The molecule has 0 aliphatic carbocycles. The van der Waals surface area contributed by atoms with Gasteiger partial charge in [-0.3, -0.25) is 4.79 Å². The average Bonchev–Trinajstić information content (AvgIpc) is 3.01. The lowest BCUT2D eigenvalue weighted by atomic mass is 10.1. The van der Waals surface area contributed by atoms with Gasteiger partial charge in [0.2, 0.25) is 11.8 Å². The number of hydrogen-bond acceptors (Lipinski definition) is 6. The quantitative estimate of drug-likeness (QED) is 0.855. The zero-order chi connectivity index (χ0) is 16.4. The second-order valence-corrected chi connectivity index (χ2v) is 5.55. The van der Waals surface area contributed by atoms with Crippen LogP contribution in [0.2, 0.25) is 5.02 Å². The Balaban J connectivity index is 1.81. The standard InChI is InChI=1S/C15H16ClN3O4/c1-9-17-18-14(23-9)13-8-19(5-6-22-13)15(20)11-7-10(16)3-4-12(11)21-2/h3-4,7,13H,5-6,8H2,1-2H3. The molecule has 122 valence electrons. The summed E-state index contributed by atoms with van der Waals surface area (Å²) in [7, 11) is 1.52. The molecular weight excluding hydrogens is 322 g/mol. The second-order valence-electron chi connectivity index (χ2n) is 5.11. The number of nitrogens with zero attached hydrogens (tertiary/aromatic N) is 3. The molecule has 1 aromatic heterocycles. The number of carbonyl (C=O) groups is 1. The number of aryl methyl sites for hydroxylation is 1. The molecule has 1 atom stereocenters. The minimum absolute atomic E-state index is 0.172. The molecule has 1 amide bonds. The summed E-state index contributed by atoms with van der Waals surface area (Å²) in [4.78, 5) is 14.4. The van der Waals surface area contributed by atoms with Crippen LogP contribution in [0, 0.1) is 6.92 Å². The predicted molar refractivity (Wildman–Crippen MR) is 81.6 cm³/mol. The van der Waals surface area contributed by atoms with Crippen molar-refractivity contribution >= 4 is 17.5 Å². The van der Waals surface area contributed by atoms with Gasteiger partial charge in [0.05, 0.1) is 25.8 Å². The summed E-state index contributed by atoms with van der Waals surface area (Å²) in [5, 5.41) is 8.23. The van der Waals surface area contributed by atoms with Gasteiger partial charge in [-0.15, -0.1) is 10.2 Å². The van der Waals surface area contributed by atoms with Crippen molar-refractivity contribution in [1.82, 2.24) is 15.1 Å². The Morgan fingerprint density at radius 2 is 2.26 bits per heavy atom. The number of aromatic nitrogens is 2. The highest BCUT2D eigenvalue weighted by atomic mass is 35.5. The van der Waals surface area contributed by atoms with Crippen molar-refractivity contribution in [3.63, 3.8) is 0 Å². The van der Waals surface area contributed by atoms with E-state index in [-0.39, 0.29) is 5.91 Å². The van der Waals surface area contributed by atoms with Crippen LogP contribution < -0.4 is 4.74 Å². The van der Waals surface area contributed by atoms with E-state index in [4.69, 9.17) is 25.5 Å². The van der Waals surface area contributed by atoms with Gasteiger partial charge in [-0.2, -0.15) is 0 Å². The Morgan fingerprint density at radius 3 is 2.96 bits per heavy atom. The van der Waals surface area contributed by atoms with Gasteiger partial charge in [0, 0.05) is 18.5 Å². The van der Waals surface area contributed by atoms with Crippen LogP contribution in [0.15, 0.2) is 22.6 Å². The fraction of sp³-hybridized carbons (Fsp3) is 0.400. The number of methoxy groups -OCH3 is 1. The number of carbonyl (C=O) groups excluding carboxylic acids is 1. The van der Waals surface area contributed by atoms with E-state index in [0.29, 0.717) is 47.8 Å². The van der Waals surface area contributed by atoms with E-state index in [1.807, 2.05) is 0 Å². The fourth-order valence-electron chi connectivity index (χ4n) is 2.44. The van der Waals surface area contributed by atoms with E-state index in [9.17, 15) is 4.79 Å². The van der Waals surface area contributed by atoms with E-state index in [1.54, 1.807) is 30.0 Å². The smallest absolute Gasteiger partial charge is 0.257 e. The molecule has 0 saturated carbocycles. The minimum Gasteiger partial charge on any atom is -0.496 e. The molecule has 3 rings (SSSR count). The van der Waals surface area contributed by atoms with E-state index >= 15 is 0 Å². The maximum Gasteiger partial charge on any atom is 0.257 e. The lowest BCUT2D eigenvalue weighted by Gasteiger charge is -2.31. The molecule has 2 heterocycles. The lowest BCUT2D eigenvalue weighted by Crippen LogP contribution is -2.42. The number of rotatable bonds is 3. The summed E-state index contributed by atoms with van der Waals surface area (Å²) in [5.41, 5.74) is 0.419. The molecule has 1 aromatic carbocycles. The largest absolute Gasteiger partial charge is 0.496 e. The lowest BCUT2D eigenvalue weighted by molar-refractivity contribution is -0.0350. The zero-order valence-electron chi connectivity index (χ0n) is 12.8. The summed E-state index contributed by atoms with van der Waals surface area (Å²) >= 11 is 6.00. The van der Waals surface area contributed by atoms with Crippen molar-refractivity contribution in [3.05, 3.63) is 40.6 Å². The van der Waals surface area contributed by atoms with Crippen molar-refractivity contribution < 1.29 is 18.7 Å². The van der Waals surface area contributed by atoms with Crippen molar-refractivity contribution in [2.75, 3.05) is 26.8 Å². The number of amides is 1. The van der Waals surface area contributed by atoms with Crippen molar-refractivity contribution in [2.45, 2.75) is 13.0 Å². The van der Waals surface area contributed by atoms with Crippen molar-refractivity contribution in [3.8, 4) is 5.75 Å². The molecule has 0 N–H and O–H groups in total. The molecule has 1 aliphatic heterocycles. The first-order valence-electron chi connectivity index (χ1n) is 7.13. The molecule has 2 aromatic rings. The number of ether oxygens (including phenoxy) is 2. The second kappa shape index (κ2) is 6.55. The molecule has 1 fully saturated rings. The molecule has 7 nitrogen and oxygen atoms in total. The zero-order valence-corrected chi connectivity index (χ0v) is 13.5. The summed E-state index contributed by atoms with van der Waals surface area (Å²) in [6.45, 7) is 2.90. The normalized spacial score (nSPS) is 18.0. The van der Waals surface area contributed by atoms with Crippen LogP contribution in [-0.2, 0) is 4.74 Å². The predicted octanol–water partition coefficient (Wildman–Crippen LogP) is 2.25. The van der Waals surface area contributed by atoms with Crippen LogP contribution in [0.4, 0.5) is 0 Å². The van der Waals surface area contributed by atoms with Crippen LogP contribution in [0.3, 0.4) is 0 Å². The van der Waals surface area contributed by atoms with Crippen molar-refractivity contribution in [2.24, 2.45) is 0 Å².